The maximum Gasteiger partial charge on any atom is 0.172 e. The van der Waals surface area contributed by atoms with E-state index in [0.717, 1.165) is 6.42 Å². The van der Waals surface area contributed by atoms with Crippen molar-refractivity contribution in [1.82, 2.24) is 0 Å². The Bertz CT molecular complexity index is 445. The molecule has 1 aromatic carbocycles. The fourth-order valence-corrected chi connectivity index (χ4v) is 2.42. The molecule has 0 aliphatic carbocycles. The molecule has 0 saturated carbocycles. The van der Waals surface area contributed by atoms with Crippen molar-refractivity contribution in [2.24, 2.45) is 5.92 Å². The lowest BCUT2D eigenvalue weighted by molar-refractivity contribution is 0.0686. The Kier molecular flexibility index (Phi) is 3.97. The number of benzene rings is 1. The van der Waals surface area contributed by atoms with E-state index in [1.54, 1.807) is 0 Å². The van der Waals surface area contributed by atoms with Gasteiger partial charge in [-0.3, -0.25) is 4.79 Å². The second-order valence-electron chi connectivity index (χ2n) is 4.42. The number of methoxy groups -OCH3 is 1. The molecule has 0 spiro atoms. The van der Waals surface area contributed by atoms with Crippen molar-refractivity contribution >= 4 is 5.78 Å². The van der Waals surface area contributed by atoms with Crippen LogP contribution in [-0.4, -0.2) is 25.6 Å². The van der Waals surface area contributed by atoms with Crippen LogP contribution in [0.5, 0.6) is 5.75 Å². The van der Waals surface area contributed by atoms with Crippen LogP contribution in [0.3, 0.4) is 0 Å². The molecule has 1 aromatic rings. The number of Topliss-reactive ketones (excluding diaryl/α,β-unsaturated/α-hetero) is 1. The van der Waals surface area contributed by atoms with Crippen LogP contribution in [-0.2, 0) is 4.74 Å². The van der Waals surface area contributed by atoms with Gasteiger partial charge in [0, 0.05) is 6.61 Å². The Hall–Kier alpha value is -1.42. The first-order chi connectivity index (χ1) is 8.67. The summed E-state index contributed by atoms with van der Waals surface area (Å²) in [5.41, 5.74) is 0.312. The fraction of sp³-hybridized carbons (Fsp3) is 0.500. The average Bonchev–Trinajstić information content (AvgIpc) is 2.86. The van der Waals surface area contributed by atoms with Gasteiger partial charge in [0.15, 0.2) is 5.78 Å². The highest BCUT2D eigenvalue weighted by molar-refractivity contribution is 6.00. The summed E-state index contributed by atoms with van der Waals surface area (Å²) in [6.07, 6.45) is 1.41. The molecule has 0 N–H and O–H groups in total. The number of carbonyl (C=O) groups excluding carboxylic acids is 1. The van der Waals surface area contributed by atoms with E-state index < -0.39 is 5.82 Å². The van der Waals surface area contributed by atoms with Crippen molar-refractivity contribution in [2.75, 3.05) is 13.7 Å². The van der Waals surface area contributed by atoms with Gasteiger partial charge in [-0.1, -0.05) is 6.92 Å². The van der Waals surface area contributed by atoms with Gasteiger partial charge in [-0.25, -0.2) is 4.39 Å². The summed E-state index contributed by atoms with van der Waals surface area (Å²) in [7, 11) is 1.48. The first-order valence-corrected chi connectivity index (χ1v) is 6.16. The number of ketones is 1. The van der Waals surface area contributed by atoms with Crippen LogP contribution in [0, 0.1) is 11.7 Å². The summed E-state index contributed by atoms with van der Waals surface area (Å²) in [5, 5.41) is 0. The molecule has 4 heteroatoms. The van der Waals surface area contributed by atoms with Gasteiger partial charge in [-0.05, 0) is 31.0 Å². The van der Waals surface area contributed by atoms with Crippen LogP contribution in [0.15, 0.2) is 18.2 Å². The Labute approximate surface area is 106 Å². The molecular formula is C14H17FO3. The number of hydrogen-bond donors (Lipinski definition) is 0. The summed E-state index contributed by atoms with van der Waals surface area (Å²) >= 11 is 0. The third-order valence-electron chi connectivity index (χ3n) is 3.38. The van der Waals surface area contributed by atoms with Gasteiger partial charge in [-0.15, -0.1) is 0 Å². The van der Waals surface area contributed by atoms with Crippen LogP contribution in [0.25, 0.3) is 0 Å². The molecule has 0 bridgehead atoms. The molecule has 1 aliphatic heterocycles. The monoisotopic (exact) mass is 252 g/mol. The maximum atomic E-state index is 13.3. The standard InChI is InChI=1S/C14H17FO3/c1-3-12-10(6-7-18-12)14(16)11-8-9(15)4-5-13(11)17-2/h4-5,8,10,12H,3,6-7H2,1-2H3. The smallest absolute Gasteiger partial charge is 0.172 e. The molecule has 1 aliphatic rings. The first kappa shape index (κ1) is 13.0. The van der Waals surface area contributed by atoms with Crippen molar-refractivity contribution < 1.29 is 18.7 Å². The minimum atomic E-state index is -0.425. The van der Waals surface area contributed by atoms with Gasteiger partial charge in [-0.2, -0.15) is 0 Å². The molecule has 0 radical (unpaired) electrons. The predicted molar refractivity (Wildman–Crippen MR) is 65.4 cm³/mol. The lowest BCUT2D eigenvalue weighted by atomic mass is 9.90. The highest BCUT2D eigenvalue weighted by Gasteiger charge is 2.34. The van der Waals surface area contributed by atoms with Crippen molar-refractivity contribution in [1.29, 1.82) is 0 Å². The van der Waals surface area contributed by atoms with Gasteiger partial charge in [0.2, 0.25) is 0 Å². The van der Waals surface area contributed by atoms with E-state index in [0.29, 0.717) is 24.3 Å². The number of hydrogen-bond acceptors (Lipinski definition) is 3. The van der Waals surface area contributed by atoms with Gasteiger partial charge < -0.3 is 9.47 Å². The Morgan fingerprint density at radius 3 is 3.00 bits per heavy atom. The van der Waals surface area contributed by atoms with E-state index in [4.69, 9.17) is 9.47 Å². The third-order valence-corrected chi connectivity index (χ3v) is 3.38. The summed E-state index contributed by atoms with van der Waals surface area (Å²) in [4.78, 5) is 12.4. The average molecular weight is 252 g/mol. The fourth-order valence-electron chi connectivity index (χ4n) is 2.42. The zero-order chi connectivity index (χ0) is 13.1. The van der Waals surface area contributed by atoms with E-state index in [1.165, 1.54) is 25.3 Å². The van der Waals surface area contributed by atoms with Crippen molar-refractivity contribution in [3.05, 3.63) is 29.6 Å². The molecule has 2 rings (SSSR count). The third kappa shape index (κ3) is 2.38. The Balaban J connectivity index is 2.30. The molecule has 0 amide bonds. The molecule has 18 heavy (non-hydrogen) atoms. The molecule has 1 fully saturated rings. The molecule has 1 heterocycles. The van der Waals surface area contributed by atoms with Crippen molar-refractivity contribution in [3.63, 3.8) is 0 Å². The van der Waals surface area contributed by atoms with Crippen LogP contribution >= 0.6 is 0 Å². The lowest BCUT2D eigenvalue weighted by Gasteiger charge is -2.17. The molecule has 98 valence electrons. The Morgan fingerprint density at radius 2 is 2.33 bits per heavy atom. The van der Waals surface area contributed by atoms with E-state index in [2.05, 4.69) is 0 Å². The molecule has 0 aromatic heterocycles. The highest BCUT2D eigenvalue weighted by atomic mass is 19.1. The molecule has 3 nitrogen and oxygen atoms in total. The van der Waals surface area contributed by atoms with Crippen LogP contribution < -0.4 is 4.74 Å². The zero-order valence-electron chi connectivity index (χ0n) is 10.6. The van der Waals surface area contributed by atoms with Crippen LogP contribution in [0.2, 0.25) is 0 Å². The molecular weight excluding hydrogens is 235 g/mol. The lowest BCUT2D eigenvalue weighted by Crippen LogP contribution is -2.24. The van der Waals surface area contributed by atoms with Gasteiger partial charge >= 0.3 is 0 Å². The van der Waals surface area contributed by atoms with Crippen LogP contribution in [0.4, 0.5) is 4.39 Å². The topological polar surface area (TPSA) is 35.5 Å². The minimum Gasteiger partial charge on any atom is -0.496 e. The number of carbonyl (C=O) groups is 1. The van der Waals surface area contributed by atoms with Gasteiger partial charge in [0.1, 0.15) is 11.6 Å². The van der Waals surface area contributed by atoms with E-state index in [9.17, 15) is 9.18 Å². The first-order valence-electron chi connectivity index (χ1n) is 6.16. The number of rotatable bonds is 4. The summed E-state index contributed by atoms with van der Waals surface area (Å²) in [6.45, 7) is 2.58. The second kappa shape index (κ2) is 5.48. The number of ether oxygens (including phenoxy) is 2. The van der Waals surface area contributed by atoms with E-state index in [1.807, 2.05) is 6.92 Å². The van der Waals surface area contributed by atoms with Crippen molar-refractivity contribution in [2.45, 2.75) is 25.9 Å². The quantitative estimate of drug-likeness (QED) is 0.773. The summed E-state index contributed by atoms with van der Waals surface area (Å²) in [5.74, 6) is -0.282. The molecule has 2 atom stereocenters. The predicted octanol–water partition coefficient (Wildman–Crippen LogP) is 2.83. The van der Waals surface area contributed by atoms with Crippen LogP contribution in [0.1, 0.15) is 30.1 Å². The summed E-state index contributed by atoms with van der Waals surface area (Å²) < 4.78 is 23.9. The maximum absolute atomic E-state index is 13.3. The highest BCUT2D eigenvalue weighted by Crippen LogP contribution is 2.30. The largest absolute Gasteiger partial charge is 0.496 e. The number of halogens is 1. The summed E-state index contributed by atoms with van der Waals surface area (Å²) in [6, 6.07) is 4.02. The molecule has 2 unspecified atom stereocenters. The van der Waals surface area contributed by atoms with E-state index >= 15 is 0 Å². The SMILES string of the molecule is CCC1OCCC1C(=O)c1cc(F)ccc1OC. The van der Waals surface area contributed by atoms with Gasteiger partial charge in [0.25, 0.3) is 0 Å². The van der Waals surface area contributed by atoms with Crippen molar-refractivity contribution in [3.8, 4) is 5.75 Å². The minimum absolute atomic E-state index is 0.0644. The molecule has 1 saturated heterocycles. The van der Waals surface area contributed by atoms with Gasteiger partial charge in [0.05, 0.1) is 24.7 Å². The second-order valence-corrected chi connectivity index (χ2v) is 4.42. The zero-order valence-corrected chi connectivity index (χ0v) is 10.6. The normalized spacial score (nSPS) is 23.1. The Morgan fingerprint density at radius 1 is 1.56 bits per heavy atom. The van der Waals surface area contributed by atoms with E-state index in [-0.39, 0.29) is 17.8 Å².